The van der Waals surface area contributed by atoms with Gasteiger partial charge in [0, 0.05) is 32.1 Å². The van der Waals surface area contributed by atoms with Gasteiger partial charge in [-0.15, -0.1) is 6.58 Å². The first-order valence-corrected chi connectivity index (χ1v) is 12.0. The van der Waals surface area contributed by atoms with Crippen molar-refractivity contribution in [2.75, 3.05) is 0 Å². The molecule has 186 valence electrons. The van der Waals surface area contributed by atoms with Crippen molar-refractivity contribution in [2.24, 2.45) is 22.7 Å². The van der Waals surface area contributed by atoms with Crippen LogP contribution >= 0.6 is 0 Å². The Morgan fingerprint density at radius 1 is 0.818 bits per heavy atom. The van der Waals surface area contributed by atoms with Crippen LogP contribution in [0.3, 0.4) is 0 Å². The van der Waals surface area contributed by atoms with E-state index in [9.17, 15) is 14.4 Å². The topological polar surface area (TPSA) is 88.1 Å². The van der Waals surface area contributed by atoms with Gasteiger partial charge in [0.15, 0.2) is 0 Å². The van der Waals surface area contributed by atoms with E-state index in [4.69, 9.17) is 18.9 Å². The molecule has 0 aromatic heterocycles. The van der Waals surface area contributed by atoms with Crippen LogP contribution in [0.15, 0.2) is 12.7 Å². The van der Waals surface area contributed by atoms with Crippen LogP contribution in [-0.2, 0) is 33.3 Å². The molecule has 7 nitrogen and oxygen atoms in total. The minimum absolute atomic E-state index is 0.0528. The number of esters is 3. The van der Waals surface area contributed by atoms with Crippen molar-refractivity contribution in [3.05, 3.63) is 12.7 Å². The lowest BCUT2D eigenvalue weighted by molar-refractivity contribution is -0.321. The fraction of sp³-hybridized carbons (Fsp3) is 0.808. The molecule has 3 aliphatic rings. The molecule has 0 aromatic rings. The summed E-state index contributed by atoms with van der Waals surface area (Å²) in [5.74, 6) is -0.970. The molecule has 1 aliphatic heterocycles. The van der Waals surface area contributed by atoms with Crippen LogP contribution in [0.4, 0.5) is 0 Å². The molecule has 1 saturated heterocycles. The Bertz CT molecular complexity index is 834. The Kier molecular flexibility index (Phi) is 6.55. The van der Waals surface area contributed by atoms with E-state index in [1.54, 1.807) is 6.08 Å². The van der Waals surface area contributed by atoms with E-state index in [2.05, 4.69) is 27.4 Å². The molecule has 2 saturated carbocycles. The molecule has 8 atom stereocenters. The molecule has 0 amide bonds. The summed E-state index contributed by atoms with van der Waals surface area (Å²) in [7, 11) is 0. The predicted molar refractivity (Wildman–Crippen MR) is 122 cm³/mol. The van der Waals surface area contributed by atoms with E-state index in [1.807, 2.05) is 13.8 Å². The molecule has 3 fully saturated rings. The third-order valence-electron chi connectivity index (χ3n) is 8.91. The van der Waals surface area contributed by atoms with Crippen molar-refractivity contribution in [3.8, 4) is 0 Å². The van der Waals surface area contributed by atoms with Gasteiger partial charge in [-0.05, 0) is 50.9 Å². The van der Waals surface area contributed by atoms with E-state index in [-0.39, 0.29) is 46.7 Å². The highest BCUT2D eigenvalue weighted by molar-refractivity contribution is 5.67. The van der Waals surface area contributed by atoms with Gasteiger partial charge in [0.2, 0.25) is 0 Å². The first kappa shape index (κ1) is 25.7. The summed E-state index contributed by atoms with van der Waals surface area (Å²) >= 11 is 0. The molecular weight excluding hydrogens is 424 g/mol. The third kappa shape index (κ3) is 4.22. The molecule has 0 N–H and O–H groups in total. The summed E-state index contributed by atoms with van der Waals surface area (Å²) in [4.78, 5) is 35.9. The van der Waals surface area contributed by atoms with Crippen molar-refractivity contribution in [1.82, 2.24) is 0 Å². The Labute approximate surface area is 197 Å². The number of hydrogen-bond donors (Lipinski definition) is 0. The lowest BCUT2D eigenvalue weighted by atomic mass is 9.43. The van der Waals surface area contributed by atoms with Gasteiger partial charge in [-0.25, -0.2) is 0 Å². The highest BCUT2D eigenvalue weighted by Gasteiger charge is 2.69. The minimum Gasteiger partial charge on any atom is -0.462 e. The van der Waals surface area contributed by atoms with E-state index < -0.39 is 23.4 Å². The quantitative estimate of drug-likeness (QED) is 0.347. The zero-order valence-electron chi connectivity index (χ0n) is 21.4. The third-order valence-corrected chi connectivity index (χ3v) is 8.91. The fourth-order valence-corrected chi connectivity index (χ4v) is 7.32. The Hall–Kier alpha value is -1.89. The zero-order chi connectivity index (χ0) is 25.0. The van der Waals surface area contributed by atoms with Gasteiger partial charge in [0.25, 0.3) is 0 Å². The molecule has 0 spiro atoms. The van der Waals surface area contributed by atoms with Crippen LogP contribution in [0, 0.1) is 22.7 Å². The van der Waals surface area contributed by atoms with E-state index >= 15 is 0 Å². The number of fused-ring (bicyclic) bond motifs is 3. The minimum atomic E-state index is -0.914. The first-order chi connectivity index (χ1) is 15.1. The molecule has 33 heavy (non-hydrogen) atoms. The highest BCUT2D eigenvalue weighted by atomic mass is 16.6. The normalized spacial score (nSPS) is 43.9. The molecular formula is C26H40O7. The maximum absolute atomic E-state index is 12.1. The predicted octanol–water partition coefficient (Wildman–Crippen LogP) is 4.37. The van der Waals surface area contributed by atoms with Gasteiger partial charge in [-0.2, -0.15) is 0 Å². The van der Waals surface area contributed by atoms with Gasteiger partial charge in [0.05, 0.1) is 0 Å². The van der Waals surface area contributed by atoms with Crippen LogP contribution in [0.25, 0.3) is 0 Å². The monoisotopic (exact) mass is 464 g/mol. The molecule has 2 aliphatic carbocycles. The Morgan fingerprint density at radius 3 is 1.82 bits per heavy atom. The van der Waals surface area contributed by atoms with Crippen LogP contribution in [0.5, 0.6) is 0 Å². The smallest absolute Gasteiger partial charge is 0.303 e. The molecule has 3 rings (SSSR count). The van der Waals surface area contributed by atoms with Crippen molar-refractivity contribution in [3.63, 3.8) is 0 Å². The summed E-state index contributed by atoms with van der Waals surface area (Å²) in [6, 6.07) is 0. The summed E-state index contributed by atoms with van der Waals surface area (Å²) in [5.41, 5.74) is -2.25. The average Bonchev–Trinajstić information content (AvgIpc) is 2.67. The van der Waals surface area contributed by atoms with Crippen molar-refractivity contribution in [1.29, 1.82) is 0 Å². The molecule has 1 heterocycles. The summed E-state index contributed by atoms with van der Waals surface area (Å²) < 4.78 is 24.2. The van der Waals surface area contributed by atoms with Crippen molar-refractivity contribution < 1.29 is 33.3 Å². The maximum Gasteiger partial charge on any atom is 0.303 e. The Balaban J connectivity index is 2.10. The Morgan fingerprint density at radius 2 is 1.30 bits per heavy atom. The van der Waals surface area contributed by atoms with Crippen molar-refractivity contribution in [2.45, 2.75) is 111 Å². The number of hydrogen-bond acceptors (Lipinski definition) is 7. The lowest BCUT2D eigenvalue weighted by Gasteiger charge is -2.68. The molecule has 0 radical (unpaired) electrons. The molecule has 0 bridgehead atoms. The van der Waals surface area contributed by atoms with Gasteiger partial charge < -0.3 is 18.9 Å². The lowest BCUT2D eigenvalue weighted by Crippen LogP contribution is -2.72. The highest BCUT2D eigenvalue weighted by Crippen LogP contribution is 2.66. The maximum atomic E-state index is 12.1. The SMILES string of the molecule is C=C[C@]1(C)O[C@]2(C)[C@H](C[C@@H]1OC(C)=O)[C@]1(C)CC[C@@H](OC(C)=O)C(C)(C)[C@H]1C[C@H]2OC(C)=O. The second-order valence-corrected chi connectivity index (χ2v) is 11.4. The molecule has 7 heteroatoms. The van der Waals surface area contributed by atoms with Crippen LogP contribution in [0.1, 0.15) is 81.1 Å². The number of carbonyl (C=O) groups excluding carboxylic acids is 3. The molecule has 0 unspecified atom stereocenters. The van der Waals surface area contributed by atoms with Gasteiger partial charge in [-0.1, -0.05) is 26.8 Å². The zero-order valence-corrected chi connectivity index (χ0v) is 21.4. The van der Waals surface area contributed by atoms with Crippen molar-refractivity contribution >= 4 is 17.9 Å². The van der Waals surface area contributed by atoms with Gasteiger partial charge in [0.1, 0.15) is 29.5 Å². The first-order valence-electron chi connectivity index (χ1n) is 12.0. The van der Waals surface area contributed by atoms with E-state index in [0.29, 0.717) is 12.8 Å². The number of carbonyl (C=O) groups is 3. The van der Waals surface area contributed by atoms with Crippen LogP contribution < -0.4 is 0 Å². The number of ether oxygens (including phenoxy) is 4. The standard InChI is InChI=1S/C26H40O7/c1-10-25(8)21(31-16(3)28)14-19-24(7)12-11-20(30-15(2)27)23(5,6)18(24)13-22(32-17(4)29)26(19,9)33-25/h10,18-22H,1,11-14H2,2-9H3/t18-,19-,20-,21+,22-,24-,25+,26-/m1/s1. The second-order valence-electron chi connectivity index (χ2n) is 11.4. The van der Waals surface area contributed by atoms with Crippen LogP contribution in [-0.4, -0.2) is 47.4 Å². The average molecular weight is 465 g/mol. The molecule has 0 aromatic carbocycles. The van der Waals surface area contributed by atoms with Crippen LogP contribution in [0.2, 0.25) is 0 Å². The number of rotatable bonds is 4. The summed E-state index contributed by atoms with van der Waals surface area (Å²) in [6.07, 6.45) is 3.19. The summed E-state index contributed by atoms with van der Waals surface area (Å²) in [6.45, 7) is 18.6. The van der Waals surface area contributed by atoms with E-state index in [1.165, 1.54) is 20.8 Å². The largest absolute Gasteiger partial charge is 0.462 e. The van der Waals surface area contributed by atoms with E-state index in [0.717, 1.165) is 12.8 Å². The van der Waals surface area contributed by atoms with Gasteiger partial charge in [-0.3, -0.25) is 14.4 Å². The summed E-state index contributed by atoms with van der Waals surface area (Å²) in [5, 5.41) is 0. The fourth-order valence-electron chi connectivity index (χ4n) is 7.32. The van der Waals surface area contributed by atoms with Gasteiger partial charge >= 0.3 is 17.9 Å². The second kappa shape index (κ2) is 8.40.